The summed E-state index contributed by atoms with van der Waals surface area (Å²) < 4.78 is 10.7. The molecule has 1 saturated carbocycles. The van der Waals surface area contributed by atoms with Crippen LogP contribution < -0.4 is 0 Å². The van der Waals surface area contributed by atoms with Gasteiger partial charge in [0.2, 0.25) is 5.79 Å². The van der Waals surface area contributed by atoms with Gasteiger partial charge in [0.15, 0.2) is 0 Å². The lowest BCUT2D eigenvalue weighted by Gasteiger charge is -2.48. The molecule has 0 aromatic heterocycles. The summed E-state index contributed by atoms with van der Waals surface area (Å²) >= 11 is 0. The number of esters is 2. The summed E-state index contributed by atoms with van der Waals surface area (Å²) in [6, 6.07) is 0. The fourth-order valence-corrected chi connectivity index (χ4v) is 4.37. The molecule has 4 rings (SSSR count). The van der Waals surface area contributed by atoms with Gasteiger partial charge in [0.1, 0.15) is 6.10 Å². The zero-order chi connectivity index (χ0) is 14.3. The fraction of sp³-hybridized carbons (Fsp3) is 0.600. The number of carbonyl (C=O) groups excluding carboxylic acids is 2. The molecule has 1 N–H and O–H groups in total. The molecular weight excluding hydrogens is 260 g/mol. The Morgan fingerprint density at radius 1 is 1.35 bits per heavy atom. The van der Waals surface area contributed by atoms with Crippen LogP contribution in [0.25, 0.3) is 0 Å². The van der Waals surface area contributed by atoms with E-state index in [1.54, 1.807) is 6.92 Å². The highest BCUT2D eigenvalue weighted by Crippen LogP contribution is 2.61. The summed E-state index contributed by atoms with van der Waals surface area (Å²) in [6.07, 6.45) is 3.35. The number of rotatable bonds is 0. The van der Waals surface area contributed by atoms with Gasteiger partial charge in [0.05, 0.1) is 5.57 Å². The van der Waals surface area contributed by atoms with Gasteiger partial charge in [-0.3, -0.25) is 0 Å². The normalized spacial score (nSPS) is 45.6. The summed E-state index contributed by atoms with van der Waals surface area (Å²) in [6.45, 7) is 3.62. The Morgan fingerprint density at radius 3 is 2.85 bits per heavy atom. The molecular formula is C15H16O5. The lowest BCUT2D eigenvalue weighted by Crippen LogP contribution is -2.53. The Balaban J connectivity index is 1.96. The molecule has 0 radical (unpaired) electrons. The molecule has 20 heavy (non-hydrogen) atoms. The Labute approximate surface area is 116 Å². The van der Waals surface area contributed by atoms with Crippen LogP contribution in [0.4, 0.5) is 0 Å². The van der Waals surface area contributed by atoms with Crippen LogP contribution >= 0.6 is 0 Å². The molecule has 0 amide bonds. The van der Waals surface area contributed by atoms with Gasteiger partial charge in [-0.25, -0.2) is 9.59 Å². The molecule has 0 unspecified atom stereocenters. The van der Waals surface area contributed by atoms with Crippen molar-refractivity contribution in [2.45, 2.75) is 45.0 Å². The number of hydrogen-bond donors (Lipinski definition) is 1. The third-order valence-electron chi connectivity index (χ3n) is 5.46. The fourth-order valence-electron chi connectivity index (χ4n) is 4.37. The molecule has 2 fully saturated rings. The Kier molecular flexibility index (Phi) is 2.03. The predicted molar refractivity (Wildman–Crippen MR) is 67.2 cm³/mol. The molecule has 4 atom stereocenters. The van der Waals surface area contributed by atoms with Crippen LogP contribution in [0.15, 0.2) is 22.8 Å². The third kappa shape index (κ3) is 1.14. The SMILES string of the molecule is CC1=C2[C@H]3OC(=O)C4=CCC[C@@H](C[C@@]2(O)OC1=O)[C@]43C. The number of ether oxygens (including phenoxy) is 2. The van der Waals surface area contributed by atoms with Crippen LogP contribution in [0.3, 0.4) is 0 Å². The van der Waals surface area contributed by atoms with Crippen LogP contribution in [-0.2, 0) is 19.1 Å². The molecule has 5 heteroatoms. The second kappa shape index (κ2) is 3.34. The van der Waals surface area contributed by atoms with E-state index >= 15 is 0 Å². The average molecular weight is 276 g/mol. The maximum absolute atomic E-state index is 12.1. The van der Waals surface area contributed by atoms with Crippen LogP contribution in [0.2, 0.25) is 0 Å². The first-order chi connectivity index (χ1) is 9.38. The third-order valence-corrected chi connectivity index (χ3v) is 5.46. The van der Waals surface area contributed by atoms with Crippen molar-refractivity contribution >= 4 is 11.9 Å². The largest absolute Gasteiger partial charge is 0.453 e. The van der Waals surface area contributed by atoms with Crippen molar-refractivity contribution in [3.63, 3.8) is 0 Å². The van der Waals surface area contributed by atoms with E-state index in [-0.39, 0.29) is 11.9 Å². The van der Waals surface area contributed by atoms with E-state index in [1.807, 2.05) is 13.0 Å². The van der Waals surface area contributed by atoms with E-state index < -0.39 is 23.3 Å². The van der Waals surface area contributed by atoms with Crippen molar-refractivity contribution in [3.05, 3.63) is 22.8 Å². The molecule has 0 aromatic rings. The highest BCUT2D eigenvalue weighted by atomic mass is 16.7. The lowest BCUT2D eigenvalue weighted by atomic mass is 9.56. The van der Waals surface area contributed by atoms with Gasteiger partial charge in [0.25, 0.3) is 0 Å². The molecule has 0 spiro atoms. The van der Waals surface area contributed by atoms with E-state index in [0.717, 1.165) is 12.8 Å². The Morgan fingerprint density at radius 2 is 2.10 bits per heavy atom. The van der Waals surface area contributed by atoms with E-state index in [4.69, 9.17) is 9.47 Å². The molecule has 5 nitrogen and oxygen atoms in total. The zero-order valence-electron chi connectivity index (χ0n) is 11.4. The van der Waals surface area contributed by atoms with Crippen LogP contribution in [0, 0.1) is 11.3 Å². The highest BCUT2D eigenvalue weighted by Gasteiger charge is 2.67. The molecule has 4 aliphatic rings. The van der Waals surface area contributed by atoms with Gasteiger partial charge in [-0.1, -0.05) is 13.0 Å². The number of allylic oxidation sites excluding steroid dienone is 1. The van der Waals surface area contributed by atoms with Gasteiger partial charge < -0.3 is 14.6 Å². The van der Waals surface area contributed by atoms with E-state index in [9.17, 15) is 14.7 Å². The Bertz CT molecular complexity index is 616. The maximum atomic E-state index is 12.1. The zero-order valence-corrected chi connectivity index (χ0v) is 11.4. The van der Waals surface area contributed by atoms with Crippen molar-refractivity contribution in [1.82, 2.24) is 0 Å². The van der Waals surface area contributed by atoms with Gasteiger partial charge >= 0.3 is 11.9 Å². The highest BCUT2D eigenvalue weighted by molar-refractivity contribution is 5.96. The summed E-state index contributed by atoms with van der Waals surface area (Å²) in [4.78, 5) is 23.9. The first-order valence-electron chi connectivity index (χ1n) is 6.96. The molecule has 1 saturated heterocycles. The second-order valence-corrected chi connectivity index (χ2v) is 6.38. The van der Waals surface area contributed by atoms with Gasteiger partial charge in [-0.15, -0.1) is 0 Å². The molecule has 0 aromatic carbocycles. The van der Waals surface area contributed by atoms with Crippen molar-refractivity contribution in [1.29, 1.82) is 0 Å². The number of hydrogen-bond acceptors (Lipinski definition) is 5. The monoisotopic (exact) mass is 276 g/mol. The number of aliphatic hydroxyl groups is 1. The molecule has 2 aliphatic heterocycles. The van der Waals surface area contributed by atoms with Crippen molar-refractivity contribution in [3.8, 4) is 0 Å². The van der Waals surface area contributed by atoms with Crippen molar-refractivity contribution < 1.29 is 24.2 Å². The smallest absolute Gasteiger partial charge is 0.336 e. The van der Waals surface area contributed by atoms with Gasteiger partial charge in [0, 0.05) is 23.0 Å². The predicted octanol–water partition coefficient (Wildman–Crippen LogP) is 1.22. The minimum absolute atomic E-state index is 0.0754. The van der Waals surface area contributed by atoms with Crippen LogP contribution in [-0.4, -0.2) is 28.9 Å². The number of fused-ring (bicyclic) bond motifs is 2. The summed E-state index contributed by atoms with van der Waals surface area (Å²) in [5, 5.41) is 10.7. The van der Waals surface area contributed by atoms with Crippen LogP contribution in [0.1, 0.15) is 33.1 Å². The molecule has 106 valence electrons. The Hall–Kier alpha value is -1.62. The summed E-state index contributed by atoms with van der Waals surface area (Å²) in [5.74, 6) is -2.36. The summed E-state index contributed by atoms with van der Waals surface area (Å²) in [5.41, 5.74) is 1.06. The molecule has 2 aliphatic carbocycles. The molecule has 2 heterocycles. The van der Waals surface area contributed by atoms with Crippen LogP contribution in [0.5, 0.6) is 0 Å². The van der Waals surface area contributed by atoms with Crippen molar-refractivity contribution in [2.24, 2.45) is 11.3 Å². The average Bonchev–Trinajstić information content (AvgIpc) is 2.75. The second-order valence-electron chi connectivity index (χ2n) is 6.38. The van der Waals surface area contributed by atoms with E-state index in [0.29, 0.717) is 23.1 Å². The van der Waals surface area contributed by atoms with Gasteiger partial charge in [-0.2, -0.15) is 0 Å². The number of carbonyl (C=O) groups is 2. The maximum Gasteiger partial charge on any atom is 0.336 e. The summed E-state index contributed by atoms with van der Waals surface area (Å²) in [7, 11) is 0. The van der Waals surface area contributed by atoms with E-state index in [2.05, 4.69) is 0 Å². The van der Waals surface area contributed by atoms with E-state index in [1.165, 1.54) is 0 Å². The first kappa shape index (κ1) is 12.1. The quantitative estimate of drug-likeness (QED) is 0.673. The topological polar surface area (TPSA) is 72.8 Å². The minimum Gasteiger partial charge on any atom is -0.453 e. The minimum atomic E-state index is -1.59. The van der Waals surface area contributed by atoms with Gasteiger partial charge in [-0.05, 0) is 25.7 Å². The molecule has 0 bridgehead atoms. The first-order valence-corrected chi connectivity index (χ1v) is 6.96. The lowest BCUT2D eigenvalue weighted by molar-refractivity contribution is -0.206. The van der Waals surface area contributed by atoms with Crippen molar-refractivity contribution in [2.75, 3.05) is 0 Å². The standard InChI is InChI=1S/C15H16O5/c1-7-10-11-14(2)8(6-15(10,18)20-12(7)16)4-3-5-9(14)13(17)19-11/h5,8,11,18H,3-4,6H2,1-2H3/t8-,11+,14+,15+/m0/s1.